The number of methoxy groups -OCH3 is 1. The number of carbonyl (C=O) groups is 1. The lowest BCUT2D eigenvalue weighted by Crippen LogP contribution is -2.38. The fourth-order valence-corrected chi connectivity index (χ4v) is 4.42. The van der Waals surface area contributed by atoms with Gasteiger partial charge in [-0.1, -0.05) is 20.3 Å². The van der Waals surface area contributed by atoms with Gasteiger partial charge in [0.25, 0.3) is 0 Å². The highest BCUT2D eigenvalue weighted by Gasteiger charge is 2.37. The minimum atomic E-state index is -1.14. The van der Waals surface area contributed by atoms with Gasteiger partial charge in [0.2, 0.25) is 6.79 Å². The normalized spacial score (nSPS) is 20.5. The smallest absolute Gasteiger partial charge is 0.335 e. The van der Waals surface area contributed by atoms with Crippen LogP contribution in [0.25, 0.3) is 0 Å². The van der Waals surface area contributed by atoms with Gasteiger partial charge < -0.3 is 29.0 Å². The Labute approximate surface area is 184 Å². The third kappa shape index (κ3) is 5.33. The lowest BCUT2D eigenvalue weighted by Gasteiger charge is -2.32. The van der Waals surface area contributed by atoms with Gasteiger partial charge in [-0.25, -0.2) is 4.79 Å². The van der Waals surface area contributed by atoms with Crippen LogP contribution in [0.5, 0.6) is 11.5 Å². The number of aliphatic hydroxyl groups is 1. The Balaban J connectivity index is 2.02. The average Bonchev–Trinajstić information content (AvgIpc) is 3.15. The monoisotopic (exact) mass is 433 g/mol. The fourth-order valence-electron chi connectivity index (χ4n) is 4.42. The Hall–Kier alpha value is -2.25. The summed E-state index contributed by atoms with van der Waals surface area (Å²) in [6.45, 7) is 8.74. The van der Waals surface area contributed by atoms with E-state index in [0.29, 0.717) is 30.9 Å². The van der Waals surface area contributed by atoms with Crippen molar-refractivity contribution in [2.24, 2.45) is 0 Å². The molecular formula is C24H35NO6. The van der Waals surface area contributed by atoms with Crippen LogP contribution in [0.15, 0.2) is 24.0 Å². The number of benzene rings is 1. The molecule has 0 aromatic heterocycles. The molecule has 0 bridgehead atoms. The molecule has 0 saturated heterocycles. The first-order chi connectivity index (χ1) is 15.0. The van der Waals surface area contributed by atoms with Crippen LogP contribution in [0, 0.1) is 0 Å². The maximum absolute atomic E-state index is 12.7. The summed E-state index contributed by atoms with van der Waals surface area (Å²) in [6.07, 6.45) is 3.01. The van der Waals surface area contributed by atoms with Crippen LogP contribution in [-0.2, 0) is 20.7 Å². The zero-order valence-electron chi connectivity index (χ0n) is 19.1. The van der Waals surface area contributed by atoms with Crippen molar-refractivity contribution in [2.45, 2.75) is 64.6 Å². The summed E-state index contributed by atoms with van der Waals surface area (Å²) < 4.78 is 22.8. The maximum Gasteiger partial charge on any atom is 0.335 e. The predicted octanol–water partition coefficient (Wildman–Crippen LogP) is 3.39. The van der Waals surface area contributed by atoms with Gasteiger partial charge in [-0.2, -0.15) is 0 Å². The summed E-state index contributed by atoms with van der Waals surface area (Å²) in [6, 6.07) is 4.07. The molecule has 0 radical (unpaired) electrons. The average molecular weight is 434 g/mol. The second-order valence-corrected chi connectivity index (χ2v) is 8.12. The van der Waals surface area contributed by atoms with Gasteiger partial charge in [0.1, 0.15) is 5.76 Å². The van der Waals surface area contributed by atoms with Gasteiger partial charge in [-0.3, -0.25) is 0 Å². The fraction of sp³-hybridized carbons (Fsp3) is 0.625. The molecule has 3 atom stereocenters. The summed E-state index contributed by atoms with van der Waals surface area (Å²) in [5.41, 5.74) is 2.23. The number of esters is 1. The van der Waals surface area contributed by atoms with E-state index in [1.807, 2.05) is 32.1 Å². The van der Waals surface area contributed by atoms with Gasteiger partial charge in [0.15, 0.2) is 23.7 Å². The molecule has 1 N–H and O–H groups in total. The van der Waals surface area contributed by atoms with Crippen LogP contribution in [0.4, 0.5) is 0 Å². The summed E-state index contributed by atoms with van der Waals surface area (Å²) >= 11 is 0. The van der Waals surface area contributed by atoms with E-state index in [9.17, 15) is 9.90 Å². The molecule has 1 aromatic rings. The molecular weight excluding hydrogens is 398 g/mol. The molecule has 2 aliphatic heterocycles. The molecule has 0 amide bonds. The quantitative estimate of drug-likeness (QED) is 0.472. The number of aliphatic hydroxyl groups excluding tert-OH is 1. The minimum absolute atomic E-state index is 0.164. The molecule has 0 spiro atoms. The molecule has 0 saturated carbocycles. The molecule has 7 heteroatoms. The van der Waals surface area contributed by atoms with E-state index in [1.54, 1.807) is 7.11 Å². The maximum atomic E-state index is 12.7. The summed E-state index contributed by atoms with van der Waals surface area (Å²) in [5.74, 6) is 1.26. The number of nitrogens with zero attached hydrogens (tertiary/aromatic N) is 1. The van der Waals surface area contributed by atoms with E-state index in [-0.39, 0.29) is 12.7 Å². The summed E-state index contributed by atoms with van der Waals surface area (Å²) in [4.78, 5) is 15.1. The SMILES string of the molecule is C/C=C(/OC)[C@@H](OC(=O)C(O)CCC)C1CN(CCC)CCc2cc3c(cc21)OCO3. The summed E-state index contributed by atoms with van der Waals surface area (Å²) in [5, 5.41) is 10.2. The second kappa shape index (κ2) is 10.9. The van der Waals surface area contributed by atoms with Crippen molar-refractivity contribution in [1.29, 1.82) is 0 Å². The number of rotatable bonds is 9. The van der Waals surface area contributed by atoms with E-state index in [4.69, 9.17) is 18.9 Å². The van der Waals surface area contributed by atoms with Crippen LogP contribution >= 0.6 is 0 Å². The van der Waals surface area contributed by atoms with Crippen molar-refractivity contribution < 1.29 is 28.8 Å². The predicted molar refractivity (Wildman–Crippen MR) is 117 cm³/mol. The lowest BCUT2D eigenvalue weighted by molar-refractivity contribution is -0.160. The Bertz CT molecular complexity index is 793. The Kier molecular flexibility index (Phi) is 8.21. The van der Waals surface area contributed by atoms with Crippen molar-refractivity contribution >= 4 is 5.97 Å². The lowest BCUT2D eigenvalue weighted by atomic mass is 9.87. The van der Waals surface area contributed by atoms with Gasteiger partial charge in [-0.05, 0) is 62.1 Å². The number of ether oxygens (including phenoxy) is 4. The zero-order chi connectivity index (χ0) is 22.4. The van der Waals surface area contributed by atoms with E-state index < -0.39 is 18.2 Å². The second-order valence-electron chi connectivity index (χ2n) is 8.12. The number of allylic oxidation sites excluding steroid dienone is 1. The standard InChI is InChI=1S/C24H35NO6/c1-5-8-19(26)24(27)31-23(20(7-3)28-4)18-14-25(10-6-2)11-9-16-12-21-22(13-17(16)18)30-15-29-21/h7,12-13,18-19,23,26H,5-6,8-11,14-15H2,1-4H3/b20-7+/t18?,19?,23-/m0/s1. The molecule has 0 aliphatic carbocycles. The first-order valence-electron chi connectivity index (χ1n) is 11.3. The molecule has 0 fully saturated rings. The number of hydrogen-bond acceptors (Lipinski definition) is 7. The number of fused-ring (bicyclic) bond motifs is 2. The Morgan fingerprint density at radius 2 is 2.03 bits per heavy atom. The first kappa shape index (κ1) is 23.4. The largest absolute Gasteiger partial charge is 0.497 e. The molecule has 2 unspecified atom stereocenters. The minimum Gasteiger partial charge on any atom is -0.497 e. The highest BCUT2D eigenvalue weighted by Crippen LogP contribution is 2.41. The van der Waals surface area contributed by atoms with Gasteiger partial charge >= 0.3 is 5.97 Å². The van der Waals surface area contributed by atoms with E-state index in [0.717, 1.165) is 42.8 Å². The Morgan fingerprint density at radius 1 is 1.29 bits per heavy atom. The van der Waals surface area contributed by atoms with E-state index in [1.165, 1.54) is 0 Å². The molecule has 2 aliphatic rings. The molecule has 3 rings (SSSR count). The van der Waals surface area contributed by atoms with Gasteiger partial charge in [-0.15, -0.1) is 0 Å². The van der Waals surface area contributed by atoms with Crippen LogP contribution in [-0.4, -0.2) is 61.7 Å². The molecule has 2 heterocycles. The first-order valence-corrected chi connectivity index (χ1v) is 11.3. The summed E-state index contributed by atoms with van der Waals surface area (Å²) in [7, 11) is 1.58. The molecule has 31 heavy (non-hydrogen) atoms. The third-order valence-electron chi connectivity index (χ3n) is 5.97. The van der Waals surface area contributed by atoms with E-state index >= 15 is 0 Å². The van der Waals surface area contributed by atoms with Crippen molar-refractivity contribution in [3.63, 3.8) is 0 Å². The third-order valence-corrected chi connectivity index (χ3v) is 5.97. The highest BCUT2D eigenvalue weighted by atomic mass is 16.7. The van der Waals surface area contributed by atoms with Crippen LogP contribution in [0.2, 0.25) is 0 Å². The van der Waals surface area contributed by atoms with Crippen LogP contribution < -0.4 is 9.47 Å². The zero-order valence-corrected chi connectivity index (χ0v) is 19.1. The highest BCUT2D eigenvalue weighted by molar-refractivity contribution is 5.74. The Morgan fingerprint density at radius 3 is 2.68 bits per heavy atom. The topological polar surface area (TPSA) is 77.5 Å². The number of carbonyl (C=O) groups excluding carboxylic acids is 1. The van der Waals surface area contributed by atoms with Gasteiger partial charge in [0, 0.05) is 19.0 Å². The number of hydrogen-bond donors (Lipinski definition) is 1. The molecule has 1 aromatic carbocycles. The van der Waals surface area contributed by atoms with E-state index in [2.05, 4.69) is 11.8 Å². The van der Waals surface area contributed by atoms with Crippen molar-refractivity contribution in [3.8, 4) is 11.5 Å². The molecule has 172 valence electrons. The van der Waals surface area contributed by atoms with Crippen LogP contribution in [0.3, 0.4) is 0 Å². The van der Waals surface area contributed by atoms with Crippen LogP contribution in [0.1, 0.15) is 57.1 Å². The van der Waals surface area contributed by atoms with Crippen molar-refractivity contribution in [2.75, 3.05) is 33.5 Å². The molecule has 7 nitrogen and oxygen atoms in total. The van der Waals surface area contributed by atoms with Crippen molar-refractivity contribution in [3.05, 3.63) is 35.1 Å². The van der Waals surface area contributed by atoms with Gasteiger partial charge in [0.05, 0.1) is 7.11 Å². The van der Waals surface area contributed by atoms with Crippen molar-refractivity contribution in [1.82, 2.24) is 4.90 Å².